The zero-order valence-corrected chi connectivity index (χ0v) is 23.4. The van der Waals surface area contributed by atoms with Crippen molar-refractivity contribution in [2.45, 2.75) is 43.6 Å². The van der Waals surface area contributed by atoms with Crippen LogP contribution in [0.5, 0.6) is 0 Å². The molecule has 0 radical (unpaired) electrons. The van der Waals surface area contributed by atoms with E-state index in [1.165, 1.54) is 19.1 Å². The van der Waals surface area contributed by atoms with E-state index in [2.05, 4.69) is 10.8 Å². The highest BCUT2D eigenvalue weighted by molar-refractivity contribution is 7.91. The summed E-state index contributed by atoms with van der Waals surface area (Å²) < 4.78 is 27.9. The van der Waals surface area contributed by atoms with Crippen LogP contribution in [0.1, 0.15) is 36.5 Å². The zero-order chi connectivity index (χ0) is 28.8. The summed E-state index contributed by atoms with van der Waals surface area (Å²) in [5, 5.41) is 3.05. The fourth-order valence-electron chi connectivity index (χ4n) is 5.31. The quantitative estimate of drug-likeness (QED) is 0.257. The van der Waals surface area contributed by atoms with Crippen LogP contribution in [-0.2, 0) is 46.8 Å². The fourth-order valence-corrected chi connectivity index (χ4v) is 7.03. The van der Waals surface area contributed by atoms with Crippen LogP contribution in [0.25, 0.3) is 0 Å². The molecule has 3 aromatic rings. The fraction of sp³-hybridized carbons (Fsp3) is 0.323. The zero-order valence-electron chi connectivity index (χ0n) is 22.6. The smallest absolute Gasteiger partial charge is 0.260 e. The summed E-state index contributed by atoms with van der Waals surface area (Å²) in [6.45, 7) is 1.95. The van der Waals surface area contributed by atoms with E-state index >= 15 is 0 Å². The Kier molecular flexibility index (Phi) is 8.98. The first-order chi connectivity index (χ1) is 19.1. The van der Waals surface area contributed by atoms with E-state index in [0.717, 1.165) is 12.7 Å². The lowest BCUT2D eigenvalue weighted by Gasteiger charge is -2.44. The largest absolute Gasteiger partial charge is 0.306 e. The van der Waals surface area contributed by atoms with Crippen molar-refractivity contribution in [1.82, 2.24) is 10.8 Å². The summed E-state index contributed by atoms with van der Waals surface area (Å²) in [5.74, 6) is -1.88. The molecule has 0 unspecified atom stereocenters. The maximum absolute atomic E-state index is 14.3. The van der Waals surface area contributed by atoms with Gasteiger partial charge in [-0.1, -0.05) is 91.0 Å². The summed E-state index contributed by atoms with van der Waals surface area (Å²) in [7, 11) is -4.43. The lowest BCUT2D eigenvalue weighted by Crippen LogP contribution is -2.62. The first-order valence-electron chi connectivity index (χ1n) is 13.2. The first-order valence-corrected chi connectivity index (χ1v) is 15.1. The van der Waals surface area contributed by atoms with Gasteiger partial charge in [-0.05, 0) is 37.4 Å². The molecule has 1 aliphatic heterocycles. The topological polar surface area (TPSA) is 119 Å². The molecule has 2 N–H and O–H groups in total. The average Bonchev–Trinajstić information content (AvgIpc) is 3.49. The third-order valence-corrected chi connectivity index (χ3v) is 9.31. The lowest BCUT2D eigenvalue weighted by atomic mass is 9.70. The Labute approximate surface area is 235 Å². The van der Waals surface area contributed by atoms with Gasteiger partial charge in [0.2, 0.25) is 4.93 Å². The van der Waals surface area contributed by atoms with Crippen molar-refractivity contribution in [3.8, 4) is 0 Å². The second kappa shape index (κ2) is 12.2. The highest BCUT2D eigenvalue weighted by Crippen LogP contribution is 2.49. The Morgan fingerprint density at radius 1 is 0.850 bits per heavy atom. The third kappa shape index (κ3) is 5.77. The second-order valence-electron chi connectivity index (χ2n) is 10.3. The number of carbonyl (C=O) groups is 3. The molecule has 9 heteroatoms. The molecular weight excluding hydrogens is 528 g/mol. The SMILES string of the molecule is CC(C(=O)Cc1ccccc1)(C(=O)Cc1ccccc1)[C@](ONC(=O)[C@@H]1CCCN1)(c1ccccc1)S(C)(=O)=O. The molecule has 0 aromatic heterocycles. The van der Waals surface area contributed by atoms with Gasteiger partial charge in [-0.15, -0.1) is 0 Å². The molecule has 1 aliphatic rings. The van der Waals surface area contributed by atoms with Crippen molar-refractivity contribution in [2.24, 2.45) is 5.41 Å². The number of carbonyl (C=O) groups excluding carboxylic acids is 3. The number of rotatable bonds is 12. The van der Waals surface area contributed by atoms with Gasteiger partial charge in [0.15, 0.2) is 21.4 Å². The molecular formula is C31H34N2O6S. The average molecular weight is 563 g/mol. The summed E-state index contributed by atoms with van der Waals surface area (Å²) in [6, 6.07) is 24.9. The Hall–Kier alpha value is -3.66. The summed E-state index contributed by atoms with van der Waals surface area (Å²) >= 11 is 0. The molecule has 1 heterocycles. The number of amides is 1. The van der Waals surface area contributed by atoms with E-state index in [1.807, 2.05) is 0 Å². The van der Waals surface area contributed by atoms with Crippen LogP contribution < -0.4 is 10.8 Å². The lowest BCUT2D eigenvalue weighted by molar-refractivity contribution is -0.173. The van der Waals surface area contributed by atoms with E-state index in [0.29, 0.717) is 24.1 Å². The monoisotopic (exact) mass is 562 g/mol. The Bertz CT molecular complexity index is 1390. The van der Waals surface area contributed by atoms with Gasteiger partial charge < -0.3 is 5.32 Å². The molecule has 1 amide bonds. The van der Waals surface area contributed by atoms with Crippen LogP contribution in [0.3, 0.4) is 0 Å². The van der Waals surface area contributed by atoms with Crippen LogP contribution >= 0.6 is 0 Å². The van der Waals surface area contributed by atoms with Gasteiger partial charge in [0.1, 0.15) is 5.41 Å². The number of hydrogen-bond acceptors (Lipinski definition) is 7. The molecule has 210 valence electrons. The minimum atomic E-state index is -4.43. The van der Waals surface area contributed by atoms with E-state index < -0.39 is 43.7 Å². The number of hydrogen-bond donors (Lipinski definition) is 2. The van der Waals surface area contributed by atoms with E-state index in [1.54, 1.807) is 78.9 Å². The normalized spacial score (nSPS) is 17.1. The highest BCUT2D eigenvalue weighted by Gasteiger charge is 2.66. The molecule has 0 aliphatic carbocycles. The van der Waals surface area contributed by atoms with Crippen molar-refractivity contribution in [3.63, 3.8) is 0 Å². The molecule has 40 heavy (non-hydrogen) atoms. The van der Waals surface area contributed by atoms with E-state index in [4.69, 9.17) is 4.84 Å². The van der Waals surface area contributed by atoms with Gasteiger partial charge in [0.05, 0.1) is 6.04 Å². The molecule has 8 nitrogen and oxygen atoms in total. The molecule has 3 aromatic carbocycles. The van der Waals surface area contributed by atoms with Crippen molar-refractivity contribution in [2.75, 3.05) is 12.8 Å². The van der Waals surface area contributed by atoms with Crippen LogP contribution in [0.15, 0.2) is 91.0 Å². The summed E-state index contributed by atoms with van der Waals surface area (Å²) in [6.07, 6.45) is 1.80. The Balaban J connectivity index is 1.90. The van der Waals surface area contributed by atoms with Crippen LogP contribution in [0.2, 0.25) is 0 Å². The minimum absolute atomic E-state index is 0.0579. The van der Waals surface area contributed by atoms with Crippen LogP contribution in [-0.4, -0.2) is 44.7 Å². The van der Waals surface area contributed by atoms with Crippen molar-refractivity contribution < 1.29 is 27.6 Å². The number of benzene rings is 3. The number of hydroxylamine groups is 1. The molecule has 0 bridgehead atoms. The Morgan fingerprint density at radius 2 is 1.32 bits per heavy atom. The number of nitrogens with one attached hydrogen (secondary N) is 2. The number of sulfone groups is 1. The van der Waals surface area contributed by atoms with Gasteiger partial charge in [0.25, 0.3) is 5.91 Å². The van der Waals surface area contributed by atoms with E-state index in [9.17, 15) is 22.8 Å². The standard InChI is InChI=1S/C31H34N2O6S/c1-30(27(34)21-23-13-6-3-7-14-23,28(35)22-24-15-8-4-9-16-24)31(40(2,37)38,25-17-10-5-11-18-25)39-33-29(36)26-19-12-20-32-26/h3-11,13-18,26,32H,12,19-22H2,1-2H3,(H,33,36)/t26-,31-/m0/s1. The molecule has 0 saturated carbocycles. The minimum Gasteiger partial charge on any atom is -0.306 e. The molecule has 1 saturated heterocycles. The van der Waals surface area contributed by atoms with E-state index in [-0.39, 0.29) is 18.4 Å². The number of ketones is 2. The van der Waals surface area contributed by atoms with Gasteiger partial charge in [-0.3, -0.25) is 14.4 Å². The predicted molar refractivity (Wildman–Crippen MR) is 152 cm³/mol. The first kappa shape index (κ1) is 29.3. The molecule has 0 spiro atoms. The predicted octanol–water partition coefficient (Wildman–Crippen LogP) is 3.31. The van der Waals surface area contributed by atoms with Crippen molar-refractivity contribution in [3.05, 3.63) is 108 Å². The van der Waals surface area contributed by atoms with Crippen molar-refractivity contribution >= 4 is 27.3 Å². The summed E-state index contributed by atoms with van der Waals surface area (Å²) in [4.78, 5) is 45.1. The molecule has 4 rings (SSSR count). The third-order valence-electron chi connectivity index (χ3n) is 7.54. The number of Topliss-reactive ketones (excluding diaryl/α,β-unsaturated/α-hetero) is 2. The highest BCUT2D eigenvalue weighted by atomic mass is 32.2. The Morgan fingerprint density at radius 3 is 1.75 bits per heavy atom. The van der Waals surface area contributed by atoms with Gasteiger partial charge in [-0.25, -0.2) is 18.7 Å². The van der Waals surface area contributed by atoms with Crippen molar-refractivity contribution in [1.29, 1.82) is 0 Å². The molecule has 1 fully saturated rings. The second-order valence-corrected chi connectivity index (χ2v) is 12.4. The summed E-state index contributed by atoms with van der Waals surface area (Å²) in [5.41, 5.74) is 1.35. The van der Waals surface area contributed by atoms with Gasteiger partial charge >= 0.3 is 0 Å². The molecule has 2 atom stereocenters. The van der Waals surface area contributed by atoms with Crippen LogP contribution in [0.4, 0.5) is 0 Å². The van der Waals surface area contributed by atoms with Gasteiger partial charge in [-0.2, -0.15) is 0 Å². The maximum Gasteiger partial charge on any atom is 0.260 e. The van der Waals surface area contributed by atoms with Gasteiger partial charge in [0, 0.05) is 24.7 Å². The van der Waals surface area contributed by atoms with Crippen LogP contribution in [0, 0.1) is 5.41 Å². The maximum atomic E-state index is 14.3.